The first kappa shape index (κ1) is 17.7. The number of carbonyl (C=O) groups excluding carboxylic acids is 1. The Kier molecular flexibility index (Phi) is 5.75. The van der Waals surface area contributed by atoms with Crippen molar-refractivity contribution in [1.29, 1.82) is 0 Å². The van der Waals surface area contributed by atoms with E-state index in [4.69, 9.17) is 4.74 Å². The van der Waals surface area contributed by atoms with Gasteiger partial charge in [-0.3, -0.25) is 4.79 Å². The molecule has 1 amide bonds. The molecule has 0 radical (unpaired) electrons. The average molecular weight is 339 g/mol. The molecular formula is C16H16F3N3O2. The number of hydrogen-bond acceptors (Lipinski definition) is 4. The summed E-state index contributed by atoms with van der Waals surface area (Å²) in [7, 11) is 1.55. The Hall–Kier alpha value is -2.61. The number of anilines is 2. The number of methoxy groups -OCH3 is 1. The summed E-state index contributed by atoms with van der Waals surface area (Å²) in [6, 6.07) is 7.70. The molecule has 1 aromatic heterocycles. The molecule has 2 rings (SSSR count). The van der Waals surface area contributed by atoms with Gasteiger partial charge in [-0.1, -0.05) is 12.1 Å². The number of hydrogen-bond donors (Lipinski definition) is 2. The molecule has 8 heteroatoms. The van der Waals surface area contributed by atoms with E-state index < -0.39 is 17.6 Å². The van der Waals surface area contributed by atoms with E-state index in [1.165, 1.54) is 36.5 Å². The fraction of sp³-hybridized carbons (Fsp3) is 0.250. The second kappa shape index (κ2) is 7.78. The Labute approximate surface area is 136 Å². The van der Waals surface area contributed by atoms with E-state index in [1.54, 1.807) is 7.11 Å². The molecule has 0 aliphatic carbocycles. The van der Waals surface area contributed by atoms with Crippen LogP contribution in [0.2, 0.25) is 0 Å². The smallest absolute Gasteiger partial charge is 0.383 e. The highest BCUT2D eigenvalue weighted by molar-refractivity contribution is 6.05. The molecule has 0 atom stereocenters. The average Bonchev–Trinajstić information content (AvgIpc) is 2.55. The van der Waals surface area contributed by atoms with Crippen LogP contribution in [0.15, 0.2) is 42.6 Å². The summed E-state index contributed by atoms with van der Waals surface area (Å²) in [6.07, 6.45) is -3.14. The van der Waals surface area contributed by atoms with Crippen molar-refractivity contribution < 1.29 is 22.7 Å². The van der Waals surface area contributed by atoms with Crippen molar-refractivity contribution in [1.82, 2.24) is 4.98 Å². The van der Waals surface area contributed by atoms with Crippen LogP contribution in [0.1, 0.15) is 15.9 Å². The lowest BCUT2D eigenvalue weighted by atomic mass is 10.1. The third-order valence-corrected chi connectivity index (χ3v) is 3.12. The number of amides is 1. The number of pyridine rings is 1. The van der Waals surface area contributed by atoms with Gasteiger partial charge in [0.15, 0.2) is 0 Å². The third kappa shape index (κ3) is 4.69. The standard InChI is InChI=1S/C16H16F3N3O2/c1-24-9-8-21-14-10-11(6-7-20-14)15(23)22-13-5-3-2-4-12(13)16(17,18)19/h2-7,10H,8-9H2,1H3,(H,20,21)(H,22,23). The number of rotatable bonds is 6. The number of halogens is 3. The largest absolute Gasteiger partial charge is 0.418 e. The van der Waals surface area contributed by atoms with E-state index in [9.17, 15) is 18.0 Å². The summed E-state index contributed by atoms with van der Waals surface area (Å²) in [5.74, 6) is -0.215. The topological polar surface area (TPSA) is 63.2 Å². The van der Waals surface area contributed by atoms with E-state index >= 15 is 0 Å². The minimum Gasteiger partial charge on any atom is -0.383 e. The highest BCUT2D eigenvalue weighted by Crippen LogP contribution is 2.34. The molecule has 1 heterocycles. The van der Waals surface area contributed by atoms with Gasteiger partial charge in [-0.05, 0) is 24.3 Å². The molecule has 0 bridgehead atoms. The maximum Gasteiger partial charge on any atom is 0.418 e. The highest BCUT2D eigenvalue weighted by Gasteiger charge is 2.33. The van der Waals surface area contributed by atoms with Crippen LogP contribution < -0.4 is 10.6 Å². The molecule has 0 spiro atoms. The van der Waals surface area contributed by atoms with E-state index in [2.05, 4.69) is 15.6 Å². The summed E-state index contributed by atoms with van der Waals surface area (Å²) in [5.41, 5.74) is -0.992. The van der Waals surface area contributed by atoms with Gasteiger partial charge in [-0.15, -0.1) is 0 Å². The van der Waals surface area contributed by atoms with Crippen molar-refractivity contribution in [2.45, 2.75) is 6.18 Å². The van der Waals surface area contributed by atoms with Gasteiger partial charge in [0.05, 0.1) is 17.9 Å². The Morgan fingerprint density at radius 3 is 2.71 bits per heavy atom. The van der Waals surface area contributed by atoms with E-state index in [1.807, 2.05) is 0 Å². The number of aromatic nitrogens is 1. The van der Waals surface area contributed by atoms with E-state index in [0.29, 0.717) is 19.0 Å². The summed E-state index contributed by atoms with van der Waals surface area (Å²) < 4.78 is 43.8. The van der Waals surface area contributed by atoms with Gasteiger partial charge >= 0.3 is 6.18 Å². The first-order chi connectivity index (χ1) is 11.4. The number of benzene rings is 1. The SMILES string of the molecule is COCCNc1cc(C(=O)Nc2ccccc2C(F)(F)F)ccn1. The van der Waals surface area contributed by atoms with Crippen molar-refractivity contribution in [3.8, 4) is 0 Å². The van der Waals surface area contributed by atoms with Crippen LogP contribution in [-0.4, -0.2) is 31.2 Å². The first-order valence-electron chi connectivity index (χ1n) is 7.08. The van der Waals surface area contributed by atoms with Crippen molar-refractivity contribution in [3.05, 3.63) is 53.7 Å². The van der Waals surface area contributed by atoms with Gasteiger partial charge in [0.1, 0.15) is 5.82 Å². The molecule has 0 fully saturated rings. The maximum absolute atomic E-state index is 13.0. The lowest BCUT2D eigenvalue weighted by Crippen LogP contribution is -2.17. The van der Waals surface area contributed by atoms with Crippen LogP contribution >= 0.6 is 0 Å². The van der Waals surface area contributed by atoms with Gasteiger partial charge in [0.2, 0.25) is 0 Å². The van der Waals surface area contributed by atoms with Crippen LogP contribution in [0.4, 0.5) is 24.7 Å². The number of nitrogens with zero attached hydrogens (tertiary/aromatic N) is 1. The number of carbonyl (C=O) groups is 1. The number of alkyl halides is 3. The maximum atomic E-state index is 13.0. The fourth-order valence-electron chi connectivity index (χ4n) is 1.98. The van der Waals surface area contributed by atoms with E-state index in [0.717, 1.165) is 6.07 Å². The lowest BCUT2D eigenvalue weighted by molar-refractivity contribution is -0.136. The van der Waals surface area contributed by atoms with Crippen LogP contribution in [0.3, 0.4) is 0 Å². The molecule has 0 aliphatic rings. The minimum atomic E-state index is -4.55. The lowest BCUT2D eigenvalue weighted by Gasteiger charge is -2.13. The molecule has 2 N–H and O–H groups in total. The Morgan fingerprint density at radius 2 is 2.00 bits per heavy atom. The summed E-state index contributed by atoms with van der Waals surface area (Å²) in [4.78, 5) is 16.2. The monoisotopic (exact) mass is 339 g/mol. The number of nitrogens with one attached hydrogen (secondary N) is 2. The molecule has 24 heavy (non-hydrogen) atoms. The zero-order valence-electron chi connectivity index (χ0n) is 12.9. The van der Waals surface area contributed by atoms with Gasteiger partial charge in [0.25, 0.3) is 5.91 Å². The van der Waals surface area contributed by atoms with Crippen molar-refractivity contribution in [2.24, 2.45) is 0 Å². The van der Waals surface area contributed by atoms with Crippen LogP contribution in [0.25, 0.3) is 0 Å². The van der Waals surface area contributed by atoms with Gasteiger partial charge in [0, 0.05) is 25.4 Å². The number of para-hydroxylation sites is 1. The molecule has 0 saturated heterocycles. The highest BCUT2D eigenvalue weighted by atomic mass is 19.4. The predicted molar refractivity (Wildman–Crippen MR) is 84.0 cm³/mol. The predicted octanol–water partition coefficient (Wildman–Crippen LogP) is 3.41. The minimum absolute atomic E-state index is 0.196. The molecule has 0 unspecified atom stereocenters. The summed E-state index contributed by atoms with van der Waals surface area (Å²) in [5, 5.41) is 5.23. The van der Waals surface area contributed by atoms with E-state index in [-0.39, 0.29) is 11.3 Å². The van der Waals surface area contributed by atoms with Gasteiger partial charge < -0.3 is 15.4 Å². The fourth-order valence-corrected chi connectivity index (χ4v) is 1.98. The van der Waals surface area contributed by atoms with Crippen molar-refractivity contribution in [2.75, 3.05) is 30.9 Å². The first-order valence-corrected chi connectivity index (χ1v) is 7.08. The molecule has 1 aromatic carbocycles. The molecule has 2 aromatic rings. The van der Waals surface area contributed by atoms with Crippen molar-refractivity contribution >= 4 is 17.4 Å². The molecule has 0 aliphatic heterocycles. The zero-order chi connectivity index (χ0) is 17.6. The molecule has 5 nitrogen and oxygen atoms in total. The Bertz CT molecular complexity index is 705. The van der Waals surface area contributed by atoms with Gasteiger partial charge in [-0.25, -0.2) is 4.98 Å². The van der Waals surface area contributed by atoms with Gasteiger partial charge in [-0.2, -0.15) is 13.2 Å². The number of ether oxygens (including phenoxy) is 1. The second-order valence-corrected chi connectivity index (χ2v) is 4.85. The quantitative estimate of drug-likeness (QED) is 0.792. The van der Waals surface area contributed by atoms with Crippen LogP contribution in [0.5, 0.6) is 0 Å². The Morgan fingerprint density at radius 1 is 1.25 bits per heavy atom. The summed E-state index contributed by atoms with van der Waals surface area (Å²) >= 11 is 0. The third-order valence-electron chi connectivity index (χ3n) is 3.12. The molecule has 0 saturated carbocycles. The summed E-state index contributed by atoms with van der Waals surface area (Å²) in [6.45, 7) is 0.947. The zero-order valence-corrected chi connectivity index (χ0v) is 12.9. The second-order valence-electron chi connectivity index (χ2n) is 4.85. The Balaban J connectivity index is 2.15. The molecule has 128 valence electrons. The normalized spacial score (nSPS) is 11.2. The van der Waals surface area contributed by atoms with Crippen molar-refractivity contribution in [3.63, 3.8) is 0 Å². The van der Waals surface area contributed by atoms with Crippen LogP contribution in [0, 0.1) is 0 Å². The van der Waals surface area contributed by atoms with Crippen LogP contribution in [-0.2, 0) is 10.9 Å². The molecular weight excluding hydrogens is 323 g/mol.